The maximum Gasteiger partial charge on any atom is 0.231 e. The van der Waals surface area contributed by atoms with Crippen molar-refractivity contribution in [2.45, 2.75) is 19.9 Å². The summed E-state index contributed by atoms with van der Waals surface area (Å²) in [6, 6.07) is 11.3. The molecule has 0 radical (unpaired) electrons. The lowest BCUT2D eigenvalue weighted by Crippen LogP contribution is -2.46. The normalized spacial score (nSPS) is 18.6. The van der Waals surface area contributed by atoms with Crippen LogP contribution in [0.25, 0.3) is 6.08 Å². The van der Waals surface area contributed by atoms with Crippen molar-refractivity contribution in [3.63, 3.8) is 0 Å². The van der Waals surface area contributed by atoms with Crippen molar-refractivity contribution in [3.05, 3.63) is 64.4 Å². The Bertz CT molecular complexity index is 944. The van der Waals surface area contributed by atoms with Gasteiger partial charge < -0.3 is 14.9 Å². The van der Waals surface area contributed by atoms with Crippen molar-refractivity contribution >= 4 is 11.9 Å². The number of aryl methyl sites for hydroxylation is 1. The number of hydrogen-bond acceptors (Lipinski definition) is 6. The van der Waals surface area contributed by atoms with E-state index in [1.54, 1.807) is 18.2 Å². The van der Waals surface area contributed by atoms with E-state index in [4.69, 9.17) is 9.84 Å². The Labute approximate surface area is 177 Å². The molecule has 0 aliphatic carbocycles. The van der Waals surface area contributed by atoms with Crippen LogP contribution in [-0.4, -0.2) is 65.1 Å². The van der Waals surface area contributed by atoms with E-state index in [2.05, 4.69) is 16.7 Å². The van der Waals surface area contributed by atoms with Crippen molar-refractivity contribution in [1.29, 1.82) is 0 Å². The van der Waals surface area contributed by atoms with E-state index in [0.717, 1.165) is 38.2 Å². The van der Waals surface area contributed by atoms with E-state index >= 15 is 0 Å². The molecule has 30 heavy (non-hydrogen) atoms. The monoisotopic (exact) mass is 408 g/mol. The van der Waals surface area contributed by atoms with Gasteiger partial charge in [0.15, 0.2) is 5.76 Å². The number of phenolic OH excluding ortho intramolecular Hbond substituents is 1. The molecule has 1 fully saturated rings. The Morgan fingerprint density at radius 1 is 1.03 bits per heavy atom. The fraction of sp³-hybridized carbons (Fsp3) is 0.375. The van der Waals surface area contributed by atoms with E-state index in [1.165, 1.54) is 5.56 Å². The Balaban J connectivity index is 1.53. The second-order valence-corrected chi connectivity index (χ2v) is 7.82. The maximum absolute atomic E-state index is 12.9. The molecule has 0 bridgehead atoms. The molecule has 1 saturated heterocycles. The summed E-state index contributed by atoms with van der Waals surface area (Å²) in [4.78, 5) is 17.3. The van der Waals surface area contributed by atoms with Crippen LogP contribution in [0.1, 0.15) is 34.0 Å². The van der Waals surface area contributed by atoms with Gasteiger partial charge in [0.25, 0.3) is 0 Å². The van der Waals surface area contributed by atoms with Gasteiger partial charge in [-0.25, -0.2) is 0 Å². The third-order valence-electron chi connectivity index (χ3n) is 5.86. The zero-order valence-electron chi connectivity index (χ0n) is 17.3. The second-order valence-electron chi connectivity index (χ2n) is 7.82. The number of piperazine rings is 1. The Morgan fingerprint density at radius 2 is 1.73 bits per heavy atom. The van der Waals surface area contributed by atoms with Gasteiger partial charge in [-0.3, -0.25) is 14.6 Å². The summed E-state index contributed by atoms with van der Waals surface area (Å²) >= 11 is 0. The quantitative estimate of drug-likeness (QED) is 0.716. The number of carbonyl (C=O) groups is 1. The lowest BCUT2D eigenvalue weighted by atomic mass is 10.0. The smallest absolute Gasteiger partial charge is 0.231 e. The fourth-order valence-electron chi connectivity index (χ4n) is 3.99. The highest BCUT2D eigenvalue weighted by atomic mass is 16.5. The molecular weight excluding hydrogens is 380 g/mol. The number of aliphatic hydroxyl groups excluding tert-OH is 1. The molecule has 0 unspecified atom stereocenters. The van der Waals surface area contributed by atoms with Crippen molar-refractivity contribution in [2.75, 3.05) is 39.3 Å². The molecule has 6 heteroatoms. The highest BCUT2D eigenvalue weighted by Gasteiger charge is 2.32. The van der Waals surface area contributed by atoms with Crippen LogP contribution >= 0.6 is 0 Å². The number of fused-ring (bicyclic) bond motifs is 1. The van der Waals surface area contributed by atoms with Gasteiger partial charge in [0.2, 0.25) is 5.78 Å². The molecule has 2 aromatic carbocycles. The highest BCUT2D eigenvalue weighted by molar-refractivity contribution is 6.15. The number of aliphatic hydroxyl groups is 1. The highest BCUT2D eigenvalue weighted by Crippen LogP contribution is 2.40. The molecule has 2 N–H and O–H groups in total. The van der Waals surface area contributed by atoms with Gasteiger partial charge in [-0.2, -0.15) is 0 Å². The van der Waals surface area contributed by atoms with E-state index in [1.807, 2.05) is 24.3 Å². The van der Waals surface area contributed by atoms with Crippen molar-refractivity contribution < 1.29 is 19.7 Å². The maximum atomic E-state index is 12.9. The molecule has 2 aliphatic rings. The zero-order chi connectivity index (χ0) is 21.1. The predicted octanol–water partition coefficient (Wildman–Crippen LogP) is 2.68. The molecule has 0 spiro atoms. The van der Waals surface area contributed by atoms with Crippen LogP contribution in [0.15, 0.2) is 42.2 Å². The number of ketones is 1. The van der Waals surface area contributed by atoms with Gasteiger partial charge >= 0.3 is 0 Å². The number of Topliss-reactive ketones (excluding diaryl/α,β-unsaturated/α-hetero) is 1. The summed E-state index contributed by atoms with van der Waals surface area (Å²) in [6.07, 6.45) is 2.73. The van der Waals surface area contributed by atoms with Crippen LogP contribution in [0.4, 0.5) is 0 Å². The lowest BCUT2D eigenvalue weighted by molar-refractivity contribution is 0.101. The van der Waals surface area contributed by atoms with Crippen molar-refractivity contribution in [3.8, 4) is 11.5 Å². The number of aromatic hydroxyl groups is 1. The molecule has 2 aliphatic heterocycles. The third-order valence-corrected chi connectivity index (χ3v) is 5.86. The number of rotatable bonds is 6. The van der Waals surface area contributed by atoms with E-state index in [-0.39, 0.29) is 23.9 Å². The van der Waals surface area contributed by atoms with E-state index in [9.17, 15) is 9.90 Å². The van der Waals surface area contributed by atoms with Gasteiger partial charge in [-0.1, -0.05) is 31.2 Å². The number of phenols is 1. The minimum absolute atomic E-state index is 0.146. The molecule has 0 aromatic heterocycles. The summed E-state index contributed by atoms with van der Waals surface area (Å²) in [6.45, 7) is 6.89. The first kappa shape index (κ1) is 20.6. The van der Waals surface area contributed by atoms with Crippen LogP contribution < -0.4 is 4.74 Å². The lowest BCUT2D eigenvalue weighted by Gasteiger charge is -2.34. The molecule has 158 valence electrons. The van der Waals surface area contributed by atoms with Gasteiger partial charge in [0.1, 0.15) is 11.5 Å². The van der Waals surface area contributed by atoms with Crippen LogP contribution in [0.2, 0.25) is 0 Å². The van der Waals surface area contributed by atoms with Crippen LogP contribution in [0, 0.1) is 0 Å². The Kier molecular flexibility index (Phi) is 6.18. The largest absolute Gasteiger partial charge is 0.507 e. The number of benzene rings is 2. The summed E-state index contributed by atoms with van der Waals surface area (Å²) in [5.41, 5.74) is 3.30. The SMILES string of the molecule is CCc1ccc(C=C2Oc3c(ccc(O)c3CN3CCN(CCO)CC3)C2=O)cc1. The van der Waals surface area contributed by atoms with Gasteiger partial charge in [0, 0.05) is 39.3 Å². The number of nitrogens with zero attached hydrogens (tertiary/aromatic N) is 2. The summed E-state index contributed by atoms with van der Waals surface area (Å²) < 4.78 is 5.97. The minimum atomic E-state index is -0.154. The molecule has 4 rings (SSSR count). The van der Waals surface area contributed by atoms with Gasteiger partial charge in [-0.05, 0) is 35.8 Å². The molecule has 0 amide bonds. The number of hydrogen-bond donors (Lipinski definition) is 2. The molecule has 0 atom stereocenters. The third kappa shape index (κ3) is 4.26. The average molecular weight is 408 g/mol. The van der Waals surface area contributed by atoms with E-state index < -0.39 is 0 Å². The summed E-state index contributed by atoms with van der Waals surface area (Å²) in [5.74, 6) is 0.745. The van der Waals surface area contributed by atoms with Crippen LogP contribution in [0.5, 0.6) is 11.5 Å². The predicted molar refractivity (Wildman–Crippen MR) is 116 cm³/mol. The van der Waals surface area contributed by atoms with E-state index in [0.29, 0.717) is 30.0 Å². The van der Waals surface area contributed by atoms with Gasteiger partial charge in [0.05, 0.1) is 17.7 Å². The number of carbonyl (C=O) groups excluding carboxylic acids is 1. The summed E-state index contributed by atoms with van der Waals surface area (Å²) in [7, 11) is 0. The molecule has 2 aromatic rings. The molecule has 6 nitrogen and oxygen atoms in total. The zero-order valence-corrected chi connectivity index (χ0v) is 17.3. The first-order chi connectivity index (χ1) is 14.6. The molecule has 0 saturated carbocycles. The van der Waals surface area contributed by atoms with Crippen molar-refractivity contribution in [1.82, 2.24) is 9.80 Å². The fourth-order valence-corrected chi connectivity index (χ4v) is 3.99. The van der Waals surface area contributed by atoms with Gasteiger partial charge in [-0.15, -0.1) is 0 Å². The van der Waals surface area contributed by atoms with Crippen LogP contribution in [-0.2, 0) is 13.0 Å². The topological polar surface area (TPSA) is 73.2 Å². The number of allylic oxidation sites excluding steroid dienone is 1. The molecule has 2 heterocycles. The Morgan fingerprint density at radius 3 is 2.40 bits per heavy atom. The Hall–Kier alpha value is -2.67. The minimum Gasteiger partial charge on any atom is -0.507 e. The second kappa shape index (κ2) is 9.00. The number of β-amino-alcohol motifs (C(OH)–C–C–N with tert-alkyl or cyclic N) is 1. The standard InChI is InChI=1S/C24H28N2O4/c1-2-17-3-5-18(6-4-17)15-22-23(29)19-7-8-21(28)20(24(19)30-22)16-26-11-9-25(10-12-26)13-14-27/h3-8,15,27-28H,2,9-14,16H2,1H3. The number of ether oxygens (including phenoxy) is 1. The average Bonchev–Trinajstić information content (AvgIpc) is 3.08. The van der Waals surface area contributed by atoms with Crippen LogP contribution in [0.3, 0.4) is 0 Å². The molecular formula is C24H28N2O4. The first-order valence-corrected chi connectivity index (χ1v) is 10.5. The van der Waals surface area contributed by atoms with Crippen molar-refractivity contribution in [2.24, 2.45) is 0 Å². The first-order valence-electron chi connectivity index (χ1n) is 10.5. The summed E-state index contributed by atoms with van der Waals surface area (Å²) in [5, 5.41) is 19.6.